The van der Waals surface area contributed by atoms with Gasteiger partial charge in [0.25, 0.3) is 0 Å². The number of hydrogen-bond donors (Lipinski definition) is 1. The summed E-state index contributed by atoms with van der Waals surface area (Å²) in [4.78, 5) is 0. The van der Waals surface area contributed by atoms with E-state index < -0.39 is 5.66 Å². The highest BCUT2D eigenvalue weighted by Gasteiger charge is 2.42. The molecule has 5 heteroatoms. The summed E-state index contributed by atoms with van der Waals surface area (Å²) in [5.74, 6) is 0. The highest BCUT2D eigenvalue weighted by Crippen LogP contribution is 2.28. The molecule has 2 aromatic rings. The van der Waals surface area contributed by atoms with Crippen LogP contribution >= 0.6 is 0 Å². The van der Waals surface area contributed by atoms with Crippen LogP contribution in [0.2, 0.25) is 0 Å². The van der Waals surface area contributed by atoms with Crippen LogP contribution in [-0.4, -0.2) is 0 Å². The molecule has 2 aromatic carbocycles. The molecule has 0 saturated carbocycles. The second kappa shape index (κ2) is 5.18. The molecule has 4 nitrogen and oxygen atoms in total. The van der Waals surface area contributed by atoms with Gasteiger partial charge in [0.2, 0.25) is 5.22 Å². The lowest BCUT2D eigenvalue weighted by Gasteiger charge is -2.16. The normalized spacial score (nSPS) is 15.3. The van der Waals surface area contributed by atoms with E-state index in [1.54, 1.807) is 0 Å². The molecule has 1 aliphatic heterocycles. The van der Waals surface area contributed by atoms with E-state index in [-0.39, 0.29) is 17.0 Å². The van der Waals surface area contributed by atoms with Gasteiger partial charge >= 0.3 is 5.66 Å². The number of halogens is 1. The summed E-state index contributed by atoms with van der Waals surface area (Å²) in [6.07, 6.45) is 0. The summed E-state index contributed by atoms with van der Waals surface area (Å²) in [6, 6.07) is 19.9. The first-order valence-electron chi connectivity index (χ1n) is 5.42. The maximum Gasteiger partial charge on any atom is 0.310 e. The van der Waals surface area contributed by atoms with E-state index in [9.17, 15) is 0 Å². The number of nitrogens with zero attached hydrogens (tertiary/aromatic N) is 3. The molecule has 0 atom stereocenters. The number of hydrogen-bond acceptors (Lipinski definition) is 3. The van der Waals surface area contributed by atoms with Gasteiger partial charge in [0.15, 0.2) is 5.22 Å². The Bertz CT molecular complexity index is 513. The van der Waals surface area contributed by atoms with Crippen molar-refractivity contribution in [3.8, 4) is 0 Å². The zero-order valence-corrected chi connectivity index (χ0v) is 11.1. The second-order valence-corrected chi connectivity index (χ2v) is 3.84. The molecule has 0 radical (unpaired) electrons. The van der Waals surface area contributed by atoms with E-state index in [4.69, 9.17) is 0 Å². The first-order chi connectivity index (χ1) is 8.42. The molecule has 0 unspecified atom stereocenters. The van der Waals surface area contributed by atoms with Crippen LogP contribution in [0.1, 0.15) is 11.1 Å². The minimum atomic E-state index is -0.678. The lowest BCUT2D eigenvalue weighted by Crippen LogP contribution is -3.00. The van der Waals surface area contributed by atoms with Crippen LogP contribution in [0.3, 0.4) is 0 Å². The molecule has 90 valence electrons. The summed E-state index contributed by atoms with van der Waals surface area (Å²) in [7, 11) is 0. The second-order valence-electron chi connectivity index (χ2n) is 3.84. The first-order valence-corrected chi connectivity index (χ1v) is 5.42. The van der Waals surface area contributed by atoms with Crippen LogP contribution in [0.25, 0.3) is 0 Å². The molecule has 1 aliphatic rings. The Labute approximate surface area is 115 Å². The van der Waals surface area contributed by atoms with E-state index in [0.29, 0.717) is 0 Å². The van der Waals surface area contributed by atoms with Crippen molar-refractivity contribution in [1.29, 1.82) is 0 Å². The molecule has 0 aliphatic carbocycles. The predicted molar refractivity (Wildman–Crippen MR) is 61.9 cm³/mol. The van der Waals surface area contributed by atoms with Crippen LogP contribution in [0.4, 0.5) is 0 Å². The molecule has 18 heavy (non-hydrogen) atoms. The van der Waals surface area contributed by atoms with E-state index in [2.05, 4.69) is 20.7 Å². The molecule has 0 aromatic heterocycles. The average molecular weight is 303 g/mol. The Morgan fingerprint density at radius 2 is 1.28 bits per heavy atom. The average Bonchev–Trinajstić information content (AvgIpc) is 2.91. The van der Waals surface area contributed by atoms with Gasteiger partial charge < -0.3 is 17.0 Å². The number of nitrogens with one attached hydrogen (secondary N) is 1. The predicted octanol–water partition coefficient (Wildman–Crippen LogP) is -1.19. The molecule has 0 saturated heterocycles. The van der Waals surface area contributed by atoms with Gasteiger partial charge in [-0.25, -0.2) is 0 Å². The Morgan fingerprint density at radius 1 is 0.778 bits per heavy atom. The summed E-state index contributed by atoms with van der Waals surface area (Å²) in [5.41, 5.74) is 1.37. The monoisotopic (exact) mass is 302 g/mol. The molecule has 0 fully saturated rings. The highest BCUT2D eigenvalue weighted by molar-refractivity contribution is 5.34. The van der Waals surface area contributed by atoms with Gasteiger partial charge in [0.05, 0.1) is 0 Å². The topological polar surface area (TPSA) is 51.0 Å². The summed E-state index contributed by atoms with van der Waals surface area (Å²) in [6.45, 7) is 0. The van der Waals surface area contributed by atoms with Gasteiger partial charge in [-0.3, -0.25) is 0 Å². The summed E-state index contributed by atoms with van der Waals surface area (Å²) < 4.78 is 0. The van der Waals surface area contributed by atoms with Gasteiger partial charge in [-0.05, 0) is 0 Å². The quantitative estimate of drug-likeness (QED) is 0.725. The minimum Gasteiger partial charge on any atom is -1.00 e. The van der Waals surface area contributed by atoms with Crippen molar-refractivity contribution >= 4 is 0 Å². The van der Waals surface area contributed by atoms with Gasteiger partial charge in [0.1, 0.15) is 0 Å². The van der Waals surface area contributed by atoms with Crippen molar-refractivity contribution in [2.45, 2.75) is 5.66 Å². The summed E-state index contributed by atoms with van der Waals surface area (Å²) in [5, 5.41) is 14.8. The van der Waals surface area contributed by atoms with E-state index >= 15 is 0 Å². The SMILES string of the molecule is [Br-].c1ccc(C2(c3ccccc3)N=NN=[NH+]2)cc1. The highest BCUT2D eigenvalue weighted by atomic mass is 79.9. The van der Waals surface area contributed by atoms with Crippen molar-refractivity contribution in [1.82, 2.24) is 0 Å². The van der Waals surface area contributed by atoms with Crippen LogP contribution < -0.4 is 22.1 Å². The lowest BCUT2D eigenvalue weighted by atomic mass is 9.93. The lowest BCUT2D eigenvalue weighted by molar-refractivity contribution is -0.603. The van der Waals surface area contributed by atoms with Gasteiger partial charge in [-0.15, -0.1) is 5.11 Å². The Hall–Kier alpha value is -1.88. The maximum absolute atomic E-state index is 4.25. The molecule has 0 spiro atoms. The van der Waals surface area contributed by atoms with Gasteiger partial charge in [-0.1, -0.05) is 60.7 Å². The van der Waals surface area contributed by atoms with Crippen molar-refractivity contribution in [3.63, 3.8) is 0 Å². The largest absolute Gasteiger partial charge is 1.00 e. The molecular weight excluding hydrogens is 292 g/mol. The molecule has 0 amide bonds. The van der Waals surface area contributed by atoms with Crippen LogP contribution in [0.15, 0.2) is 76.2 Å². The minimum absolute atomic E-state index is 0. The van der Waals surface area contributed by atoms with Crippen LogP contribution in [-0.2, 0) is 5.66 Å². The van der Waals surface area contributed by atoms with Crippen LogP contribution in [0.5, 0.6) is 0 Å². The smallest absolute Gasteiger partial charge is 0.310 e. The van der Waals surface area contributed by atoms with Crippen molar-refractivity contribution in [2.24, 2.45) is 15.6 Å². The fraction of sp³-hybridized carbons (Fsp3) is 0.0769. The first kappa shape index (κ1) is 12.6. The molecule has 1 N–H and O–H groups in total. The van der Waals surface area contributed by atoms with Gasteiger partial charge in [-0.2, -0.15) is 0 Å². The molecule has 0 bridgehead atoms. The van der Waals surface area contributed by atoms with Crippen LogP contribution in [0, 0.1) is 0 Å². The van der Waals surface area contributed by atoms with Crippen molar-refractivity contribution < 1.29 is 22.1 Å². The maximum atomic E-state index is 4.25. The van der Waals surface area contributed by atoms with E-state index in [1.165, 1.54) is 0 Å². The fourth-order valence-electron chi connectivity index (χ4n) is 1.98. The third kappa shape index (κ3) is 1.97. The Kier molecular flexibility index (Phi) is 3.62. The van der Waals surface area contributed by atoms with Crippen molar-refractivity contribution in [2.75, 3.05) is 0 Å². The molecule has 3 rings (SSSR count). The van der Waals surface area contributed by atoms with Gasteiger partial charge in [0, 0.05) is 16.2 Å². The third-order valence-corrected chi connectivity index (χ3v) is 2.83. The van der Waals surface area contributed by atoms with E-state index in [1.807, 2.05) is 60.7 Å². The molecular formula is C13H11BrN4. The van der Waals surface area contributed by atoms with Crippen molar-refractivity contribution in [3.05, 3.63) is 71.8 Å². The zero-order chi connectivity index (χ0) is 11.6. The Balaban J connectivity index is 0.00000120. The standard InChI is InChI=1S/C13H10N4.BrH/c1-3-7-11(8-4-1)13(14-16-17-15-13)12-9-5-2-6-10-12;/h1-10H;1H. The fourth-order valence-corrected chi connectivity index (χ4v) is 1.98. The number of rotatable bonds is 2. The summed E-state index contributed by atoms with van der Waals surface area (Å²) >= 11 is 0. The Morgan fingerprint density at radius 3 is 1.67 bits per heavy atom. The number of benzene rings is 2. The third-order valence-electron chi connectivity index (χ3n) is 2.83. The van der Waals surface area contributed by atoms with E-state index in [0.717, 1.165) is 11.1 Å². The molecule has 1 heterocycles. The zero-order valence-electron chi connectivity index (χ0n) is 9.49.